The summed E-state index contributed by atoms with van der Waals surface area (Å²) in [5.41, 5.74) is 10.6. The number of nitrogens with one attached hydrogen (secondary N) is 10. The van der Waals surface area contributed by atoms with Crippen molar-refractivity contribution in [3.63, 3.8) is 0 Å². The van der Waals surface area contributed by atoms with Crippen molar-refractivity contribution in [3.05, 3.63) is 366 Å². The maximum Gasteiger partial charge on any atom is 0.263 e. The number of carbonyl (C=O) groups is 5. The molecule has 21 rings (SSSR count). The molecule has 0 saturated heterocycles. The Kier molecular flexibility index (Phi) is 34.2. The van der Waals surface area contributed by atoms with Crippen LogP contribution in [0.4, 0.5) is 34.4 Å². The molecule has 34 nitrogen and oxygen atoms in total. The third-order valence-corrected chi connectivity index (χ3v) is 35.4. The van der Waals surface area contributed by atoms with Gasteiger partial charge in [-0.2, -0.15) is 0 Å². The summed E-state index contributed by atoms with van der Waals surface area (Å²) in [6.45, 7) is 1.89. The highest BCUT2D eigenvalue weighted by atomic mass is 35.5. The van der Waals surface area contributed by atoms with Crippen LogP contribution in [0.5, 0.6) is 17.2 Å². The number of thiazole rings is 5. The van der Waals surface area contributed by atoms with E-state index in [0.717, 1.165) is 72.3 Å². The maximum absolute atomic E-state index is 13.8. The molecule has 5 aliphatic rings. The van der Waals surface area contributed by atoms with Gasteiger partial charge in [0.15, 0.2) is 38.9 Å². The quantitative estimate of drug-likeness (QED) is 0.0183. The van der Waals surface area contributed by atoms with Crippen LogP contribution in [-0.4, -0.2) is 151 Å². The Bertz CT molecular complexity index is 8190. The van der Waals surface area contributed by atoms with Crippen molar-refractivity contribution >= 4 is 184 Å². The van der Waals surface area contributed by atoms with E-state index < -0.39 is 61.8 Å². The molecule has 6 atom stereocenters. The predicted molar refractivity (Wildman–Crippen MR) is 582 cm³/mol. The Balaban J connectivity index is 0.000000170. The van der Waals surface area contributed by atoms with Crippen molar-refractivity contribution in [2.24, 2.45) is 0 Å². The van der Waals surface area contributed by atoms with Crippen molar-refractivity contribution in [1.82, 2.24) is 56.1 Å². The number of halogens is 3. The molecule has 10 N–H and O–H groups in total. The monoisotopic (exact) mass is 2250 g/mol. The molecule has 16 aromatic rings. The first-order valence-electron chi connectivity index (χ1n) is 46.5. The van der Waals surface area contributed by atoms with Crippen LogP contribution in [0.1, 0.15) is 92.5 Å². The van der Waals surface area contributed by atoms with Crippen LogP contribution in [0.2, 0.25) is 5.02 Å². The Hall–Kier alpha value is -14.5. The third kappa shape index (κ3) is 28.4. The summed E-state index contributed by atoms with van der Waals surface area (Å²) < 4.78 is 183. The number of carbonyl (C=O) groups excluding carboxylic acids is 5. The molecule has 10 aromatic carbocycles. The zero-order valence-electron chi connectivity index (χ0n) is 79.3. The van der Waals surface area contributed by atoms with E-state index in [4.69, 9.17) is 25.8 Å². The van der Waals surface area contributed by atoms with E-state index in [-0.39, 0.29) is 123 Å². The highest BCUT2D eigenvalue weighted by Gasteiger charge is 2.34. The molecule has 0 aliphatic heterocycles. The van der Waals surface area contributed by atoms with Gasteiger partial charge in [0, 0.05) is 112 Å². The highest BCUT2D eigenvalue weighted by Crippen LogP contribution is 2.36. The number of hydrogen-bond acceptors (Lipinski definition) is 28. The van der Waals surface area contributed by atoms with E-state index in [2.05, 4.69) is 75.1 Å². The zero-order valence-corrected chi connectivity index (χ0v) is 88.2. The van der Waals surface area contributed by atoms with E-state index in [9.17, 15) is 74.8 Å². The Morgan fingerprint density at radius 2 is 0.707 bits per heavy atom. The van der Waals surface area contributed by atoms with Crippen LogP contribution in [0, 0.1) is 11.6 Å². The Morgan fingerprint density at radius 3 is 1.09 bits per heavy atom. The summed E-state index contributed by atoms with van der Waals surface area (Å²) in [5.74, 6) is -0.437. The summed E-state index contributed by atoms with van der Waals surface area (Å²) in [6.07, 6.45) is 15.8. The SMILES string of the molecule is CC(C(=O)NC1Cc2ccc(S(=O)(=O)Nc3nccs3)cc2C1)n1ccc2ccccc21.O=C(CCOc1ccccc1)NC1Cc2ccc(S(=O)(=O)Nc3nccs3)cc2C1.O=C(COc1ccc(F)cc1)NC1Cc2ccc(S(=O)(=O)Nc3nccs3)cc2C1.O=C(COc1cccc(Cl)c1)NC1Cc2ccc(S(=O)(=O)Nc3nccs3)cc2C1.O=C(NC1Cc2ccc(S(=O)(=O)Nc3nccs3)cc2C1)c1ccccc1F.[HH].[HH].[HH].[HH].[HH]. The van der Waals surface area contributed by atoms with E-state index in [1.54, 1.807) is 142 Å². The van der Waals surface area contributed by atoms with Gasteiger partial charge in [0.2, 0.25) is 11.8 Å². The van der Waals surface area contributed by atoms with Gasteiger partial charge in [0.1, 0.15) is 34.9 Å². The standard InChI is InChI=1S/C23H22N4O3S2.C21H21N3O4S2.C20H18ClN3O4S2.C20H18FN3O4S2.C19H16FN3O3S2.5H2/c1-15(27-10-8-16-4-2-3-5-21(16)27)22(28)25-19-12-17-6-7-20(14-18(17)13-19)32(29,30)26-23-24-9-11-31-23;25-20(8-10-28-18-4-2-1-3-5-18)23-17-12-15-6-7-19(14-16(15)13-17)30(26,27)24-21-22-9-11-29-21;21-15-2-1-3-17(11-15)28-12-19(25)23-16-8-13-4-5-18(10-14(13)9-16)30(26,27)24-20-22-6-7-29-20;21-15-2-4-17(5-3-15)28-12-19(25)23-16-9-13-1-6-18(11-14(13)10-16)30(26,27)24-20-22-7-8-29-20;20-17-4-2-1-3-16(17)18(24)22-14-9-12-5-6-15(11-13(12)10-14)28(25,26)23-19-21-7-8-27-19;;;;;/h2-11,14-15,19H,12-13H2,1H3,(H,24,26)(H,25,28);1-7,9,11,14,17H,8,10,12-13H2,(H,22,24)(H,23,25);1-7,10-11,16H,8-9,12H2,(H,22,24)(H,23,25);1-8,11,16H,9-10,12H2,(H,22,24)(H,23,25);1-8,11,14H,9-10H2,(H,21,23)(H,22,24);5*1H. The largest absolute Gasteiger partial charge is 0.493 e. The number of hydrogen-bond donors (Lipinski definition) is 10. The molecule has 6 aromatic heterocycles. The molecule has 6 heterocycles. The van der Waals surface area contributed by atoms with E-state index in [0.29, 0.717) is 113 Å². The number of amides is 5. The molecule has 786 valence electrons. The van der Waals surface area contributed by atoms with Gasteiger partial charge in [-0.25, -0.2) is 75.8 Å². The average Bonchev–Trinajstić information content (AvgIpc) is 1.69. The van der Waals surface area contributed by atoms with Crippen LogP contribution < -0.4 is 64.4 Å². The fraction of sp³-hybridized carbons (Fsp3) is 0.204. The molecular weight excluding hydrogens is 2140 g/mol. The van der Waals surface area contributed by atoms with Crippen molar-refractivity contribution in [2.75, 3.05) is 43.4 Å². The predicted octanol–water partition coefficient (Wildman–Crippen LogP) is 17.0. The van der Waals surface area contributed by atoms with Crippen LogP contribution in [0.25, 0.3) is 10.9 Å². The molecule has 47 heteroatoms. The second-order valence-corrected chi connectivity index (χ2v) is 48.2. The molecule has 0 radical (unpaired) electrons. The van der Waals surface area contributed by atoms with Gasteiger partial charge in [0.05, 0.1) is 43.1 Å². The lowest BCUT2D eigenvalue weighted by atomic mass is 10.1. The van der Waals surface area contributed by atoms with Crippen molar-refractivity contribution in [2.45, 2.75) is 138 Å². The van der Waals surface area contributed by atoms with Gasteiger partial charge in [-0.15, -0.1) is 56.7 Å². The number of anilines is 5. The third-order valence-electron chi connectivity index (χ3n) is 24.4. The topological polar surface area (TPSA) is 473 Å². The summed E-state index contributed by atoms with van der Waals surface area (Å²) in [7, 11) is -18.6. The van der Waals surface area contributed by atoms with Crippen LogP contribution in [-0.2, 0) is 134 Å². The second kappa shape index (κ2) is 48.0. The minimum absolute atomic E-state index is 0. The van der Waals surface area contributed by atoms with Crippen LogP contribution >= 0.6 is 68.3 Å². The molecule has 0 fully saturated rings. The van der Waals surface area contributed by atoms with Crippen LogP contribution in [0.15, 0.2) is 313 Å². The van der Waals surface area contributed by atoms with E-state index in [1.807, 2.05) is 90.5 Å². The average molecular weight is 2250 g/mol. The van der Waals surface area contributed by atoms with Gasteiger partial charge in [-0.3, -0.25) is 47.6 Å². The normalized spacial score (nSPS) is 15.7. The molecule has 150 heavy (non-hydrogen) atoms. The number of benzene rings is 10. The minimum atomic E-state index is -3.73. The summed E-state index contributed by atoms with van der Waals surface area (Å²) >= 11 is 12.0. The van der Waals surface area contributed by atoms with Crippen molar-refractivity contribution in [1.29, 1.82) is 0 Å². The fourth-order valence-electron chi connectivity index (χ4n) is 17.4. The molecule has 0 saturated carbocycles. The maximum atomic E-state index is 13.8. The molecule has 6 unspecified atom stereocenters. The summed E-state index contributed by atoms with van der Waals surface area (Å²) in [5, 5.41) is 26.5. The van der Waals surface area contributed by atoms with E-state index >= 15 is 0 Å². The van der Waals surface area contributed by atoms with E-state index in [1.165, 1.54) is 124 Å². The molecule has 5 amide bonds. The number of rotatable bonds is 33. The molecule has 5 aliphatic carbocycles. The Morgan fingerprint density at radius 1 is 0.367 bits per heavy atom. The van der Waals surface area contributed by atoms with Gasteiger partial charge in [0.25, 0.3) is 67.8 Å². The van der Waals surface area contributed by atoms with Gasteiger partial charge < -0.3 is 45.4 Å². The van der Waals surface area contributed by atoms with Crippen LogP contribution in [0.3, 0.4) is 0 Å². The number of nitrogens with zero attached hydrogens (tertiary/aromatic N) is 6. The lowest BCUT2D eigenvalue weighted by molar-refractivity contribution is -0.125. The minimum Gasteiger partial charge on any atom is -0.493 e. The van der Waals surface area contributed by atoms with Crippen molar-refractivity contribution < 1.29 is 96.2 Å². The lowest BCUT2D eigenvalue weighted by Gasteiger charge is -2.19. The number of para-hydroxylation sites is 2. The highest BCUT2D eigenvalue weighted by molar-refractivity contribution is 7.94. The molecule has 0 spiro atoms. The smallest absolute Gasteiger partial charge is 0.263 e. The number of sulfonamides is 5. The number of aromatic nitrogens is 6. The first-order valence-corrected chi connectivity index (χ1v) is 58.7. The number of ether oxygens (including phenoxy) is 3. The van der Waals surface area contributed by atoms with Gasteiger partial charge in [-0.1, -0.05) is 96.5 Å². The Labute approximate surface area is 895 Å². The second-order valence-electron chi connectivity index (χ2n) is 34.9. The summed E-state index contributed by atoms with van der Waals surface area (Å²) in [6, 6.07) is 61.6. The van der Waals surface area contributed by atoms with Gasteiger partial charge >= 0.3 is 0 Å². The summed E-state index contributed by atoms with van der Waals surface area (Å²) in [4.78, 5) is 82.5. The number of fused-ring (bicyclic) bond motifs is 6. The molecular formula is C103H105ClF2N16O18S10. The zero-order chi connectivity index (χ0) is 105. The lowest BCUT2D eigenvalue weighted by Crippen LogP contribution is -2.39. The first-order chi connectivity index (χ1) is 72.1. The van der Waals surface area contributed by atoms with Crippen molar-refractivity contribution in [3.8, 4) is 17.2 Å². The molecule has 0 bridgehead atoms. The van der Waals surface area contributed by atoms with Gasteiger partial charge in [-0.05, 0) is 272 Å². The fourth-order valence-corrected chi connectivity index (χ4v) is 26.7. The first kappa shape index (κ1) is 107.